The third kappa shape index (κ3) is 6.41. The Labute approximate surface area is 199 Å². The molecule has 8 nitrogen and oxygen atoms in total. The first kappa shape index (κ1) is 24.9. The predicted octanol–water partition coefficient (Wildman–Crippen LogP) is 3.86. The molecule has 2 N–H and O–H groups in total. The number of aromatic nitrogens is 1. The van der Waals surface area contributed by atoms with Crippen LogP contribution >= 0.6 is 0 Å². The van der Waals surface area contributed by atoms with E-state index >= 15 is 0 Å². The van der Waals surface area contributed by atoms with Crippen LogP contribution in [0.1, 0.15) is 35.3 Å². The van der Waals surface area contributed by atoms with Gasteiger partial charge in [0.2, 0.25) is 0 Å². The van der Waals surface area contributed by atoms with Crippen molar-refractivity contribution in [3.63, 3.8) is 0 Å². The van der Waals surface area contributed by atoms with Crippen molar-refractivity contribution in [2.45, 2.75) is 31.0 Å². The zero-order chi connectivity index (χ0) is 24.6. The lowest BCUT2D eigenvalue weighted by Gasteiger charge is -2.20. The molecule has 9 heteroatoms. The number of nitrogens with one attached hydrogen (secondary N) is 2. The van der Waals surface area contributed by atoms with Crippen LogP contribution in [-0.2, 0) is 22.1 Å². The predicted molar refractivity (Wildman–Crippen MR) is 131 cm³/mol. The monoisotopic (exact) mass is 480 g/mol. The Morgan fingerprint density at radius 2 is 1.65 bits per heavy atom. The van der Waals surface area contributed by atoms with Crippen molar-refractivity contribution in [1.29, 1.82) is 0 Å². The van der Waals surface area contributed by atoms with Crippen LogP contribution in [0.2, 0.25) is 0 Å². The van der Waals surface area contributed by atoms with Gasteiger partial charge in [-0.25, -0.2) is 13.2 Å². The van der Waals surface area contributed by atoms with Gasteiger partial charge in [0, 0.05) is 43.3 Å². The minimum Gasteiger partial charge on any atom is -0.339 e. The van der Waals surface area contributed by atoms with Gasteiger partial charge >= 0.3 is 6.03 Å². The molecular formula is C25H28N4O4S. The summed E-state index contributed by atoms with van der Waals surface area (Å²) in [6, 6.07) is 15.9. The minimum atomic E-state index is -3.71. The summed E-state index contributed by atoms with van der Waals surface area (Å²) in [5, 5.41) is 5.39. The van der Waals surface area contributed by atoms with Crippen molar-refractivity contribution in [1.82, 2.24) is 15.2 Å². The molecule has 0 fully saturated rings. The Kier molecular flexibility index (Phi) is 8.37. The number of hydrogen-bond donors (Lipinski definition) is 2. The molecule has 0 aliphatic heterocycles. The molecule has 1 heterocycles. The second-order valence-corrected chi connectivity index (χ2v) is 9.58. The molecule has 0 saturated heterocycles. The van der Waals surface area contributed by atoms with Gasteiger partial charge in [0.15, 0.2) is 9.84 Å². The maximum Gasteiger partial charge on any atom is 0.319 e. The number of nitrogens with zero attached hydrogens (tertiary/aromatic N) is 2. The average molecular weight is 481 g/mol. The van der Waals surface area contributed by atoms with E-state index in [1.165, 1.54) is 24.3 Å². The number of carbonyl (C=O) groups is 2. The van der Waals surface area contributed by atoms with E-state index < -0.39 is 15.9 Å². The van der Waals surface area contributed by atoms with Crippen LogP contribution in [0.25, 0.3) is 0 Å². The second-order valence-electron chi connectivity index (χ2n) is 7.59. The fraction of sp³-hybridized carbons (Fsp3) is 0.240. The highest BCUT2D eigenvalue weighted by molar-refractivity contribution is 7.90. The topological polar surface area (TPSA) is 108 Å². The highest BCUT2D eigenvalue weighted by Gasteiger charge is 2.22. The quantitative estimate of drug-likeness (QED) is 0.483. The van der Waals surface area contributed by atoms with Gasteiger partial charge in [-0.3, -0.25) is 9.78 Å². The Hall–Kier alpha value is -3.72. The molecule has 0 aliphatic carbocycles. The highest BCUT2D eigenvalue weighted by atomic mass is 32.2. The van der Waals surface area contributed by atoms with Gasteiger partial charge in [0.05, 0.1) is 10.6 Å². The normalized spacial score (nSPS) is 11.0. The van der Waals surface area contributed by atoms with Gasteiger partial charge < -0.3 is 15.5 Å². The fourth-order valence-electron chi connectivity index (χ4n) is 3.43. The fourth-order valence-corrected chi connectivity index (χ4v) is 4.81. The number of rotatable bonds is 9. The number of hydrogen-bond acceptors (Lipinski definition) is 5. The lowest BCUT2D eigenvalue weighted by Crippen LogP contribution is -2.31. The molecule has 178 valence electrons. The number of sulfone groups is 1. The lowest BCUT2D eigenvalue weighted by atomic mass is 10.1. The molecule has 3 aromatic rings. The van der Waals surface area contributed by atoms with Crippen molar-refractivity contribution in [3.8, 4) is 0 Å². The van der Waals surface area contributed by atoms with Crippen molar-refractivity contribution in [2.75, 3.05) is 18.4 Å². The molecular weight excluding hydrogens is 452 g/mol. The molecule has 34 heavy (non-hydrogen) atoms. The third-order valence-corrected chi connectivity index (χ3v) is 6.97. The maximum absolute atomic E-state index is 13.0. The number of carbonyl (C=O) groups excluding carboxylic acids is 2. The number of pyridine rings is 1. The summed E-state index contributed by atoms with van der Waals surface area (Å²) >= 11 is 0. The van der Waals surface area contributed by atoms with Crippen molar-refractivity contribution in [3.05, 3.63) is 89.7 Å². The Balaban J connectivity index is 1.67. The number of anilines is 1. The van der Waals surface area contributed by atoms with E-state index in [0.717, 1.165) is 5.56 Å². The molecule has 0 atom stereocenters. The molecule has 0 unspecified atom stereocenters. The summed E-state index contributed by atoms with van der Waals surface area (Å²) in [6.45, 7) is 5.17. The average Bonchev–Trinajstić information content (AvgIpc) is 2.84. The van der Waals surface area contributed by atoms with Crippen LogP contribution in [0, 0.1) is 0 Å². The number of urea groups is 1. The van der Waals surface area contributed by atoms with Crippen molar-refractivity contribution < 1.29 is 18.0 Å². The SMILES string of the molecule is CCN(CC)C(=O)c1ccccc1CS(=O)(=O)c1ccc(NC(=O)NCc2cccnc2)cc1. The summed E-state index contributed by atoms with van der Waals surface area (Å²) < 4.78 is 26.1. The zero-order valence-corrected chi connectivity index (χ0v) is 20.0. The first-order valence-corrected chi connectivity index (χ1v) is 12.6. The van der Waals surface area contributed by atoms with E-state index in [0.29, 0.717) is 36.4 Å². The van der Waals surface area contributed by atoms with Crippen LogP contribution in [0.5, 0.6) is 0 Å². The van der Waals surface area contributed by atoms with Crippen LogP contribution in [0.3, 0.4) is 0 Å². The van der Waals surface area contributed by atoms with Crippen LogP contribution in [0.15, 0.2) is 78.0 Å². The van der Waals surface area contributed by atoms with Gasteiger partial charge in [0.1, 0.15) is 0 Å². The van der Waals surface area contributed by atoms with Crippen LogP contribution in [0.4, 0.5) is 10.5 Å². The molecule has 0 spiro atoms. The first-order chi connectivity index (χ1) is 16.3. The minimum absolute atomic E-state index is 0.110. The third-order valence-electron chi connectivity index (χ3n) is 5.29. The zero-order valence-electron chi connectivity index (χ0n) is 19.2. The standard InChI is InChI=1S/C25H28N4O4S/c1-3-29(4-2)24(30)23-10-6-5-9-20(23)18-34(32,33)22-13-11-21(12-14-22)28-25(31)27-17-19-8-7-15-26-16-19/h5-16H,3-4,17-18H2,1-2H3,(H2,27,28,31). The van der Waals surface area contributed by atoms with Gasteiger partial charge in [-0.15, -0.1) is 0 Å². The van der Waals surface area contributed by atoms with Crippen molar-refractivity contribution in [2.24, 2.45) is 0 Å². The van der Waals surface area contributed by atoms with Gasteiger partial charge in [0.25, 0.3) is 5.91 Å². The lowest BCUT2D eigenvalue weighted by molar-refractivity contribution is 0.0772. The first-order valence-electron chi connectivity index (χ1n) is 11.0. The molecule has 2 aromatic carbocycles. The van der Waals surface area contributed by atoms with Crippen LogP contribution < -0.4 is 10.6 Å². The Morgan fingerprint density at radius 3 is 2.29 bits per heavy atom. The van der Waals surface area contributed by atoms with E-state index in [1.807, 2.05) is 19.9 Å². The number of amides is 3. The molecule has 0 aliphatic rings. The Bertz CT molecular complexity index is 1230. The van der Waals surface area contributed by atoms with E-state index in [2.05, 4.69) is 15.6 Å². The number of benzene rings is 2. The Morgan fingerprint density at radius 1 is 0.941 bits per heavy atom. The highest BCUT2D eigenvalue weighted by Crippen LogP contribution is 2.22. The smallest absolute Gasteiger partial charge is 0.319 e. The molecule has 3 amide bonds. The van der Waals surface area contributed by atoms with Gasteiger partial charge in [-0.05, 0) is 61.4 Å². The molecule has 0 saturated carbocycles. The summed E-state index contributed by atoms with van der Waals surface area (Å²) in [4.78, 5) is 30.7. The molecule has 3 rings (SSSR count). The summed E-state index contributed by atoms with van der Waals surface area (Å²) in [7, 11) is -3.71. The van der Waals surface area contributed by atoms with Gasteiger partial charge in [-0.1, -0.05) is 24.3 Å². The molecule has 0 radical (unpaired) electrons. The second kappa shape index (κ2) is 11.4. The summed E-state index contributed by atoms with van der Waals surface area (Å²) in [5.41, 5.74) is 2.16. The van der Waals surface area contributed by atoms with E-state index in [4.69, 9.17) is 0 Å². The van der Waals surface area contributed by atoms with E-state index in [9.17, 15) is 18.0 Å². The summed E-state index contributed by atoms with van der Waals surface area (Å²) in [6.07, 6.45) is 3.31. The van der Waals surface area contributed by atoms with Gasteiger partial charge in [-0.2, -0.15) is 0 Å². The molecule has 0 bridgehead atoms. The van der Waals surface area contributed by atoms with E-state index in [1.54, 1.807) is 47.6 Å². The largest absolute Gasteiger partial charge is 0.339 e. The molecule has 1 aromatic heterocycles. The van der Waals surface area contributed by atoms with Crippen molar-refractivity contribution >= 4 is 27.5 Å². The summed E-state index contributed by atoms with van der Waals surface area (Å²) in [5.74, 6) is -0.484. The maximum atomic E-state index is 13.0. The van der Waals surface area contributed by atoms with Crippen LogP contribution in [-0.4, -0.2) is 43.3 Å². The van der Waals surface area contributed by atoms with E-state index in [-0.39, 0.29) is 16.6 Å².